The van der Waals surface area contributed by atoms with Gasteiger partial charge in [0, 0.05) is 5.02 Å². The fraction of sp³-hybridized carbons (Fsp3) is 0.235. The Morgan fingerprint density at radius 2 is 1.71 bits per heavy atom. The molecule has 0 aliphatic carbocycles. The number of carbonyl (C=O) groups is 1. The molecule has 0 aliphatic rings. The quantitative estimate of drug-likeness (QED) is 0.563. The van der Waals surface area contributed by atoms with Crippen LogP contribution in [-0.4, -0.2) is 30.1 Å². The van der Waals surface area contributed by atoms with Crippen molar-refractivity contribution in [2.75, 3.05) is 6.61 Å². The number of hydrogen-bond donors (Lipinski definition) is 1. The molecule has 0 aliphatic heterocycles. The van der Waals surface area contributed by atoms with Crippen molar-refractivity contribution in [1.29, 1.82) is 0 Å². The number of halogens is 5. The molecule has 2 aromatic rings. The number of hydrogen-bond acceptors (Lipinski definition) is 4. The van der Waals surface area contributed by atoms with Crippen LogP contribution >= 0.6 is 58.0 Å². The normalized spacial score (nSPS) is 13.1. The average Bonchev–Trinajstić information content (AvgIpc) is 2.58. The predicted octanol–water partition coefficient (Wildman–Crippen LogP) is 4.97. The highest BCUT2D eigenvalue weighted by atomic mass is 35.6. The molecule has 0 bridgehead atoms. The van der Waals surface area contributed by atoms with Gasteiger partial charge in [0.25, 0.3) is 5.91 Å². The fourth-order valence-corrected chi connectivity index (χ4v) is 5.23. The van der Waals surface area contributed by atoms with Gasteiger partial charge in [0.05, 0.1) is 9.92 Å². The second-order valence-corrected chi connectivity index (χ2v) is 11.0. The van der Waals surface area contributed by atoms with Gasteiger partial charge in [0.1, 0.15) is 5.75 Å². The summed E-state index contributed by atoms with van der Waals surface area (Å²) >= 11 is 29.2. The van der Waals surface area contributed by atoms with Gasteiger partial charge in [-0.3, -0.25) is 4.79 Å². The van der Waals surface area contributed by atoms with Crippen molar-refractivity contribution in [1.82, 2.24) is 5.32 Å². The van der Waals surface area contributed by atoms with Crippen molar-refractivity contribution in [3.8, 4) is 5.75 Å². The van der Waals surface area contributed by atoms with Crippen LogP contribution < -0.4 is 10.1 Å². The van der Waals surface area contributed by atoms with Crippen LogP contribution in [0.5, 0.6) is 5.75 Å². The highest BCUT2D eigenvalue weighted by Gasteiger charge is 2.44. The summed E-state index contributed by atoms with van der Waals surface area (Å²) in [6.45, 7) is 1.24. The second kappa shape index (κ2) is 9.28. The van der Waals surface area contributed by atoms with Crippen molar-refractivity contribution < 1.29 is 17.9 Å². The van der Waals surface area contributed by atoms with Gasteiger partial charge in [-0.2, -0.15) is 0 Å². The van der Waals surface area contributed by atoms with Gasteiger partial charge < -0.3 is 10.1 Å². The van der Waals surface area contributed by atoms with Crippen LogP contribution in [0.2, 0.25) is 10.0 Å². The Bertz CT molecular complexity index is 959. The molecule has 1 amide bonds. The average molecular weight is 506 g/mol. The summed E-state index contributed by atoms with van der Waals surface area (Å²) in [6, 6.07) is 10.3. The Morgan fingerprint density at radius 1 is 1.11 bits per heavy atom. The molecule has 28 heavy (non-hydrogen) atoms. The summed E-state index contributed by atoms with van der Waals surface area (Å²) < 4.78 is 28.6. The van der Waals surface area contributed by atoms with Gasteiger partial charge >= 0.3 is 0 Å². The van der Waals surface area contributed by atoms with Gasteiger partial charge in [-0.05, 0) is 37.3 Å². The van der Waals surface area contributed by atoms with Gasteiger partial charge in [0.15, 0.2) is 12.0 Å². The smallest absolute Gasteiger partial charge is 0.259 e. The molecule has 152 valence electrons. The Labute approximate surface area is 187 Å². The number of carbonyl (C=O) groups excluding carboxylic acids is 1. The number of sulfone groups is 1. The van der Waals surface area contributed by atoms with Crippen LogP contribution in [0.25, 0.3) is 0 Å². The van der Waals surface area contributed by atoms with Crippen molar-refractivity contribution in [2.24, 2.45) is 0 Å². The SMILES string of the molecule is Cc1ccc(S(=O)(=O)[C@@H](NC(=O)COc2ccc(Cl)cc2Cl)C(Cl)(Cl)Cl)cc1. The van der Waals surface area contributed by atoms with Crippen LogP contribution in [0.4, 0.5) is 0 Å². The first-order valence-electron chi connectivity index (χ1n) is 7.66. The number of amides is 1. The van der Waals surface area contributed by atoms with Crippen LogP contribution in [-0.2, 0) is 14.6 Å². The zero-order valence-corrected chi connectivity index (χ0v) is 18.9. The van der Waals surface area contributed by atoms with Gasteiger partial charge in [-0.1, -0.05) is 75.7 Å². The Hall–Kier alpha value is -0.890. The van der Waals surface area contributed by atoms with Gasteiger partial charge in [-0.25, -0.2) is 8.42 Å². The van der Waals surface area contributed by atoms with E-state index in [1.165, 1.54) is 30.3 Å². The van der Waals surface area contributed by atoms with Crippen LogP contribution in [0.1, 0.15) is 5.56 Å². The third-order valence-electron chi connectivity index (χ3n) is 3.50. The summed E-state index contributed by atoms with van der Waals surface area (Å²) in [5.74, 6) is -0.633. The lowest BCUT2D eigenvalue weighted by Crippen LogP contribution is -2.50. The molecule has 2 rings (SSSR count). The highest BCUT2D eigenvalue weighted by Crippen LogP contribution is 2.36. The predicted molar refractivity (Wildman–Crippen MR) is 113 cm³/mol. The third kappa shape index (κ3) is 6.05. The lowest BCUT2D eigenvalue weighted by molar-refractivity contribution is -0.123. The van der Waals surface area contributed by atoms with Gasteiger partial charge in [0.2, 0.25) is 13.6 Å². The third-order valence-corrected chi connectivity index (χ3v) is 7.10. The maximum absolute atomic E-state index is 12.8. The summed E-state index contributed by atoms with van der Waals surface area (Å²) in [5.41, 5.74) is 0.849. The Morgan fingerprint density at radius 3 is 2.25 bits per heavy atom. The van der Waals surface area contributed by atoms with E-state index in [9.17, 15) is 13.2 Å². The molecule has 0 spiro atoms. The van der Waals surface area contributed by atoms with E-state index in [-0.39, 0.29) is 15.7 Å². The minimum atomic E-state index is -4.19. The molecule has 0 fully saturated rings. The van der Waals surface area contributed by atoms with E-state index in [0.29, 0.717) is 5.02 Å². The summed E-state index contributed by atoms with van der Waals surface area (Å²) in [5, 5.41) is 0.942. The Kier molecular flexibility index (Phi) is 7.76. The van der Waals surface area contributed by atoms with Crippen LogP contribution in [0.15, 0.2) is 47.4 Å². The number of aryl methyl sites for hydroxylation is 1. The van der Waals surface area contributed by atoms with E-state index in [4.69, 9.17) is 62.7 Å². The van der Waals surface area contributed by atoms with Gasteiger partial charge in [-0.15, -0.1) is 0 Å². The molecule has 5 nitrogen and oxygen atoms in total. The monoisotopic (exact) mass is 503 g/mol. The number of rotatable bonds is 6. The van der Waals surface area contributed by atoms with Crippen LogP contribution in [0, 0.1) is 6.92 Å². The molecule has 1 atom stereocenters. The lowest BCUT2D eigenvalue weighted by atomic mass is 10.2. The van der Waals surface area contributed by atoms with Crippen molar-refractivity contribution in [2.45, 2.75) is 21.0 Å². The van der Waals surface area contributed by atoms with E-state index >= 15 is 0 Å². The lowest BCUT2D eigenvalue weighted by Gasteiger charge is -2.25. The number of alkyl halides is 3. The minimum Gasteiger partial charge on any atom is -0.482 e. The topological polar surface area (TPSA) is 72.5 Å². The maximum atomic E-state index is 12.8. The molecule has 11 heteroatoms. The highest BCUT2D eigenvalue weighted by molar-refractivity contribution is 7.92. The number of ether oxygens (including phenoxy) is 1. The van der Waals surface area contributed by atoms with Crippen molar-refractivity contribution in [3.05, 3.63) is 58.1 Å². The van der Waals surface area contributed by atoms with E-state index < -0.39 is 31.5 Å². The first-order valence-corrected chi connectivity index (χ1v) is 11.1. The fourth-order valence-electron chi connectivity index (χ4n) is 2.12. The molecule has 0 radical (unpaired) electrons. The maximum Gasteiger partial charge on any atom is 0.259 e. The van der Waals surface area contributed by atoms with E-state index in [2.05, 4.69) is 5.32 Å². The second-order valence-electron chi connectivity index (χ2n) is 5.71. The van der Waals surface area contributed by atoms with Crippen molar-refractivity contribution >= 4 is 73.7 Å². The Balaban J connectivity index is 2.17. The zero-order valence-electron chi connectivity index (χ0n) is 14.3. The molecule has 1 N–H and O–H groups in total. The molecule has 0 saturated carbocycles. The minimum absolute atomic E-state index is 0.101. The van der Waals surface area contributed by atoms with E-state index in [0.717, 1.165) is 5.56 Å². The molecule has 0 saturated heterocycles. The zero-order chi connectivity index (χ0) is 21.1. The van der Waals surface area contributed by atoms with Crippen molar-refractivity contribution in [3.63, 3.8) is 0 Å². The van der Waals surface area contributed by atoms with Crippen LogP contribution in [0.3, 0.4) is 0 Å². The largest absolute Gasteiger partial charge is 0.482 e. The number of nitrogens with one attached hydrogen (secondary N) is 1. The summed E-state index contributed by atoms with van der Waals surface area (Å²) in [7, 11) is -4.19. The molecule has 2 aromatic carbocycles. The van der Waals surface area contributed by atoms with E-state index in [1.807, 2.05) is 0 Å². The first-order chi connectivity index (χ1) is 12.9. The molecular formula is C17H14Cl5NO4S. The molecule has 0 aromatic heterocycles. The summed E-state index contributed by atoms with van der Waals surface area (Å²) in [6.07, 6.45) is 0. The van der Waals surface area contributed by atoms with E-state index in [1.54, 1.807) is 19.1 Å². The molecule has 0 heterocycles. The first kappa shape index (κ1) is 23.4. The standard InChI is InChI=1S/C17H14Cl5NO4S/c1-10-2-5-12(6-3-10)28(25,26)16(17(20,21)22)23-15(24)9-27-14-7-4-11(18)8-13(14)19/h2-8,16H,9H2,1H3,(H,23,24)/t16-/m1/s1. The molecular weight excluding hydrogens is 492 g/mol. The summed E-state index contributed by atoms with van der Waals surface area (Å²) in [4.78, 5) is 12.1. The molecule has 0 unspecified atom stereocenters. The number of benzene rings is 2.